The molecule has 0 amide bonds. The van der Waals surface area contributed by atoms with E-state index in [1.54, 1.807) is 25.2 Å². The van der Waals surface area contributed by atoms with E-state index in [0.717, 1.165) is 23.1 Å². The smallest absolute Gasteiger partial charge is 0.372 e. The van der Waals surface area contributed by atoms with Crippen LogP contribution >= 0.6 is 0 Å². The number of nitrogens with one attached hydrogen (secondary N) is 1. The Morgan fingerprint density at radius 2 is 1.81 bits per heavy atom. The van der Waals surface area contributed by atoms with E-state index in [-0.39, 0.29) is 22.2 Å². The molecule has 1 atom stereocenters. The predicted molar refractivity (Wildman–Crippen MR) is 112 cm³/mol. The van der Waals surface area contributed by atoms with Gasteiger partial charge >= 0.3 is 16.2 Å². The number of para-hydroxylation sites is 1. The maximum absolute atomic E-state index is 14.3. The van der Waals surface area contributed by atoms with Crippen LogP contribution in [0.2, 0.25) is 0 Å². The molecule has 3 rings (SSSR count). The zero-order valence-electron chi connectivity index (χ0n) is 17.1. The molecule has 31 heavy (non-hydrogen) atoms. The monoisotopic (exact) mass is 454 g/mol. The summed E-state index contributed by atoms with van der Waals surface area (Å²) in [5.41, 5.74) is -3.67. The summed E-state index contributed by atoms with van der Waals surface area (Å²) < 4.78 is 69.8. The standard InChI is InChI=1S/C21H22F3N3O3S/c1-13(2)31(29,30)26-18-9-8-15(10-14(18)11-25)20(28,21(22,23)24)17-12-27(3)19-7-5-4-6-16(17)19/h4-13,25-26,28H,1-3H3/p+1. The van der Waals surface area contributed by atoms with Crippen LogP contribution in [0.5, 0.6) is 0 Å². The third kappa shape index (κ3) is 3.86. The minimum absolute atomic E-state index is 0.0513. The average molecular weight is 454 g/mol. The minimum Gasteiger partial charge on any atom is -0.372 e. The van der Waals surface area contributed by atoms with Crippen LogP contribution in [-0.2, 0) is 22.7 Å². The second-order valence-corrected chi connectivity index (χ2v) is 9.98. The van der Waals surface area contributed by atoms with Crippen LogP contribution in [0.1, 0.15) is 30.5 Å². The van der Waals surface area contributed by atoms with Crippen LogP contribution in [0.15, 0.2) is 48.7 Å². The van der Waals surface area contributed by atoms with Crippen LogP contribution in [0.3, 0.4) is 0 Å². The number of sulfonamides is 1. The molecule has 6 nitrogen and oxygen atoms in total. The number of primary sulfonamides is 1. The second kappa shape index (κ2) is 7.77. The van der Waals surface area contributed by atoms with Crippen LogP contribution < -0.4 is 4.72 Å². The average Bonchev–Trinajstić information content (AvgIpc) is 3.03. The van der Waals surface area contributed by atoms with Gasteiger partial charge in [-0.25, -0.2) is 4.72 Å². The Bertz CT molecular complexity index is 1250. The summed E-state index contributed by atoms with van der Waals surface area (Å²) in [7, 11) is -2.07. The normalized spacial score (nSPS) is 14.7. The Hall–Kier alpha value is -2.69. The number of hydrogen-bond donors (Lipinski definition) is 3. The number of aryl methyl sites for hydroxylation is 1. The van der Waals surface area contributed by atoms with Gasteiger partial charge in [0, 0.05) is 42.0 Å². The topological polar surface area (TPSA) is 99.8 Å². The first kappa shape index (κ1) is 23.0. The number of rotatable bonds is 6. The van der Waals surface area contributed by atoms with Gasteiger partial charge in [-0.1, -0.05) is 18.2 Å². The first-order valence-electron chi connectivity index (χ1n) is 9.40. The molecule has 166 valence electrons. The van der Waals surface area contributed by atoms with Crippen molar-refractivity contribution in [1.82, 2.24) is 4.57 Å². The Kier molecular flexibility index (Phi) is 5.76. The van der Waals surface area contributed by atoms with Crippen molar-refractivity contribution >= 4 is 32.8 Å². The number of quaternary nitrogens is 1. The molecule has 0 aliphatic carbocycles. The van der Waals surface area contributed by atoms with Gasteiger partial charge in [-0.3, -0.25) is 0 Å². The van der Waals surface area contributed by atoms with Gasteiger partial charge in [0.15, 0.2) is 5.69 Å². The molecule has 0 radical (unpaired) electrons. The Labute approximate surface area is 177 Å². The number of hydrogen-bond acceptors (Lipinski definition) is 4. The maximum Gasteiger partial charge on any atom is 0.425 e. The van der Waals surface area contributed by atoms with Gasteiger partial charge in [-0.15, -0.1) is 0 Å². The number of aliphatic hydroxyl groups is 1. The van der Waals surface area contributed by atoms with Gasteiger partial charge in [0.25, 0.3) is 0 Å². The largest absolute Gasteiger partial charge is 0.425 e. The zero-order valence-corrected chi connectivity index (χ0v) is 17.9. The maximum atomic E-state index is 14.3. The van der Waals surface area contributed by atoms with Crippen molar-refractivity contribution in [3.05, 3.63) is 65.4 Å². The Morgan fingerprint density at radius 1 is 1.16 bits per heavy atom. The molecule has 3 aromatic rings. The minimum atomic E-state index is -5.08. The van der Waals surface area contributed by atoms with E-state index in [0.29, 0.717) is 5.52 Å². The van der Waals surface area contributed by atoms with E-state index in [1.807, 2.05) is 0 Å². The van der Waals surface area contributed by atoms with Crippen molar-refractivity contribution in [2.45, 2.75) is 30.9 Å². The molecule has 1 heterocycles. The van der Waals surface area contributed by atoms with Gasteiger partial charge in [0.05, 0.1) is 5.56 Å². The van der Waals surface area contributed by atoms with Crippen molar-refractivity contribution in [2.24, 2.45) is 7.05 Å². The molecule has 0 saturated heterocycles. The fourth-order valence-electron chi connectivity index (χ4n) is 3.45. The summed E-state index contributed by atoms with van der Waals surface area (Å²) in [4.78, 5) is 0. The number of alkyl halides is 3. The first-order chi connectivity index (χ1) is 14.3. The van der Waals surface area contributed by atoms with Crippen molar-refractivity contribution < 1.29 is 31.4 Å². The molecule has 0 bridgehead atoms. The van der Waals surface area contributed by atoms with Crippen LogP contribution in [-0.4, -0.2) is 35.7 Å². The van der Waals surface area contributed by atoms with E-state index >= 15 is 0 Å². The lowest BCUT2D eigenvalue weighted by Crippen LogP contribution is -2.83. The van der Waals surface area contributed by atoms with Gasteiger partial charge in [-0.2, -0.15) is 21.6 Å². The number of nitrogens with two attached hydrogens (primary N) is 1. The molecule has 2 aromatic carbocycles. The highest BCUT2D eigenvalue weighted by molar-refractivity contribution is 7.85. The Morgan fingerprint density at radius 3 is 2.39 bits per heavy atom. The number of benzene rings is 2. The number of nitrogens with zero attached hydrogens (tertiary/aromatic N) is 1. The molecule has 0 saturated carbocycles. The Balaban J connectivity index is 2.24. The molecule has 0 aliphatic rings. The van der Waals surface area contributed by atoms with Crippen molar-refractivity contribution in [1.29, 1.82) is 5.41 Å². The molecular weight excluding hydrogens is 431 g/mol. The first-order valence-corrected chi connectivity index (χ1v) is 11.0. The number of aromatic nitrogens is 1. The SMILES string of the molecule is CC(C)S(=O)(=O)[NH2+]c1ccc(C(O)(c2cn(C)c3ccccc23)C(F)(F)F)cc1C=N. The number of halogens is 3. The van der Waals surface area contributed by atoms with Gasteiger partial charge < -0.3 is 15.1 Å². The lowest BCUT2D eigenvalue weighted by atomic mass is 9.84. The van der Waals surface area contributed by atoms with Crippen molar-refractivity contribution in [3.8, 4) is 0 Å². The highest BCUT2D eigenvalue weighted by Crippen LogP contribution is 2.47. The number of fused-ring (bicyclic) bond motifs is 1. The van der Waals surface area contributed by atoms with Crippen LogP contribution in [0.25, 0.3) is 10.9 Å². The lowest BCUT2D eigenvalue weighted by Gasteiger charge is -2.31. The summed E-state index contributed by atoms with van der Waals surface area (Å²) in [6.45, 7) is 2.96. The fraction of sp³-hybridized carbons (Fsp3) is 0.286. The van der Waals surface area contributed by atoms with Crippen molar-refractivity contribution in [3.63, 3.8) is 0 Å². The summed E-state index contributed by atoms with van der Waals surface area (Å²) >= 11 is 0. The fourth-order valence-corrected chi connectivity index (χ4v) is 4.29. The molecule has 1 unspecified atom stereocenters. The van der Waals surface area contributed by atoms with Gasteiger partial charge in [0.2, 0.25) is 5.60 Å². The highest BCUT2D eigenvalue weighted by atomic mass is 32.2. The lowest BCUT2D eigenvalue weighted by molar-refractivity contribution is -0.398. The van der Waals surface area contributed by atoms with Crippen LogP contribution in [0.4, 0.5) is 18.9 Å². The quantitative estimate of drug-likeness (QED) is 0.394. The molecular formula is C21H23F3N3O3S+. The second-order valence-electron chi connectivity index (χ2n) is 7.62. The van der Waals surface area contributed by atoms with E-state index in [4.69, 9.17) is 5.41 Å². The molecule has 10 heteroatoms. The van der Waals surface area contributed by atoms with Gasteiger partial charge in [-0.05, 0) is 37.6 Å². The molecule has 0 aliphatic heterocycles. The van der Waals surface area contributed by atoms with Crippen LogP contribution in [0, 0.1) is 5.41 Å². The zero-order chi connectivity index (χ0) is 23.2. The summed E-state index contributed by atoms with van der Waals surface area (Å²) in [5.74, 6) is 0. The van der Waals surface area contributed by atoms with E-state index < -0.39 is 32.6 Å². The van der Waals surface area contributed by atoms with E-state index in [1.165, 1.54) is 36.7 Å². The van der Waals surface area contributed by atoms with E-state index in [9.17, 15) is 26.7 Å². The third-order valence-corrected chi connectivity index (χ3v) is 7.20. The third-order valence-electron chi connectivity index (χ3n) is 5.31. The van der Waals surface area contributed by atoms with Crippen molar-refractivity contribution in [2.75, 3.05) is 0 Å². The summed E-state index contributed by atoms with van der Waals surface area (Å²) in [6.07, 6.45) is -3.08. The van der Waals surface area contributed by atoms with Gasteiger partial charge in [0.1, 0.15) is 5.25 Å². The molecule has 0 fully saturated rings. The molecule has 0 spiro atoms. The summed E-state index contributed by atoms with van der Waals surface area (Å²) in [6, 6.07) is 9.64. The molecule has 1 aromatic heterocycles. The highest BCUT2D eigenvalue weighted by Gasteiger charge is 2.57. The molecule has 4 N–H and O–H groups in total. The predicted octanol–water partition coefficient (Wildman–Crippen LogP) is 2.91. The summed E-state index contributed by atoms with van der Waals surface area (Å²) in [5, 5.41) is 18.2. The van der Waals surface area contributed by atoms with E-state index in [2.05, 4.69) is 0 Å².